The summed E-state index contributed by atoms with van der Waals surface area (Å²) in [5.41, 5.74) is 0. The van der Waals surface area contributed by atoms with Crippen molar-refractivity contribution >= 4 is 17.7 Å². The highest BCUT2D eigenvalue weighted by atomic mass is 32.2. The lowest BCUT2D eigenvalue weighted by atomic mass is 10.0. The summed E-state index contributed by atoms with van der Waals surface area (Å²) in [5.74, 6) is 0.630. The number of carbonyl (C=O) groups is 1. The van der Waals surface area contributed by atoms with Crippen LogP contribution in [0.25, 0.3) is 0 Å². The van der Waals surface area contributed by atoms with E-state index in [0.717, 1.165) is 17.9 Å². The highest BCUT2D eigenvalue weighted by Gasteiger charge is 2.05. The van der Waals surface area contributed by atoms with E-state index in [0.29, 0.717) is 19.1 Å². The Balaban J connectivity index is 2.03. The van der Waals surface area contributed by atoms with Crippen LogP contribution in [0.4, 0.5) is 0 Å². The van der Waals surface area contributed by atoms with Gasteiger partial charge in [-0.05, 0) is 36.3 Å². The van der Waals surface area contributed by atoms with E-state index < -0.39 is 0 Å². The van der Waals surface area contributed by atoms with Gasteiger partial charge in [0.1, 0.15) is 0 Å². The average molecular weight is 350 g/mol. The van der Waals surface area contributed by atoms with Gasteiger partial charge in [-0.3, -0.25) is 4.79 Å². The van der Waals surface area contributed by atoms with Gasteiger partial charge in [-0.25, -0.2) is 0 Å². The first-order chi connectivity index (χ1) is 11.8. The Morgan fingerprint density at radius 1 is 1.25 bits per heavy atom. The highest BCUT2D eigenvalue weighted by molar-refractivity contribution is 8.02. The predicted molar refractivity (Wildman–Crippen MR) is 103 cm³/mol. The number of carbonyl (C=O) groups excluding carboxylic acids is 1. The maximum atomic E-state index is 11.7. The Hall–Kier alpha value is -1.26. The van der Waals surface area contributed by atoms with Crippen molar-refractivity contribution < 1.29 is 9.53 Å². The topological polar surface area (TPSA) is 38.3 Å². The summed E-state index contributed by atoms with van der Waals surface area (Å²) in [5, 5.41) is 4.71. The molecule has 3 nitrogen and oxygen atoms in total. The monoisotopic (exact) mass is 349 g/mol. The third-order valence-electron chi connectivity index (χ3n) is 3.83. The van der Waals surface area contributed by atoms with Crippen molar-refractivity contribution in [1.82, 2.24) is 5.32 Å². The minimum absolute atomic E-state index is 0.0483. The largest absolute Gasteiger partial charge is 0.381 e. The molecule has 0 heterocycles. The summed E-state index contributed by atoms with van der Waals surface area (Å²) in [6.07, 6.45) is 7.41. The molecule has 0 aromatic heterocycles. The Morgan fingerprint density at radius 3 is 2.75 bits per heavy atom. The van der Waals surface area contributed by atoms with E-state index in [9.17, 15) is 4.79 Å². The second-order valence-electron chi connectivity index (χ2n) is 5.87. The summed E-state index contributed by atoms with van der Waals surface area (Å²) in [4.78, 5) is 12.8. The zero-order valence-corrected chi connectivity index (χ0v) is 15.8. The maximum absolute atomic E-state index is 11.7. The second kappa shape index (κ2) is 14.1. The van der Waals surface area contributed by atoms with E-state index in [4.69, 9.17) is 4.74 Å². The molecule has 1 rings (SSSR count). The molecule has 0 spiro atoms. The van der Waals surface area contributed by atoms with Gasteiger partial charge in [0.2, 0.25) is 5.91 Å². The van der Waals surface area contributed by atoms with Gasteiger partial charge in [-0.2, -0.15) is 0 Å². The van der Waals surface area contributed by atoms with Gasteiger partial charge in [0.05, 0.1) is 0 Å². The third-order valence-corrected chi connectivity index (χ3v) is 4.64. The minimum Gasteiger partial charge on any atom is -0.381 e. The summed E-state index contributed by atoms with van der Waals surface area (Å²) in [6.45, 7) is 6.67. The summed E-state index contributed by atoms with van der Waals surface area (Å²) in [7, 11) is 0. The number of rotatable bonds is 13. The van der Waals surface area contributed by atoms with Crippen LogP contribution >= 0.6 is 11.8 Å². The fraction of sp³-hybridized carbons (Fsp3) is 0.550. The molecule has 4 heteroatoms. The van der Waals surface area contributed by atoms with Crippen molar-refractivity contribution in [2.24, 2.45) is 5.92 Å². The molecule has 1 N–H and O–H groups in total. The first-order valence-electron chi connectivity index (χ1n) is 9.00. The van der Waals surface area contributed by atoms with Gasteiger partial charge in [0.15, 0.2) is 0 Å². The van der Waals surface area contributed by atoms with Crippen LogP contribution in [-0.4, -0.2) is 25.7 Å². The van der Waals surface area contributed by atoms with Crippen LogP contribution in [0.3, 0.4) is 0 Å². The Labute approximate surface area is 151 Å². The number of hydrogen-bond donors (Lipinski definition) is 1. The van der Waals surface area contributed by atoms with Gasteiger partial charge >= 0.3 is 0 Å². The predicted octanol–water partition coefficient (Wildman–Crippen LogP) is 5.03. The number of ether oxygens (including phenoxy) is 1. The van der Waals surface area contributed by atoms with E-state index in [1.807, 2.05) is 35.7 Å². The van der Waals surface area contributed by atoms with Crippen molar-refractivity contribution in [1.29, 1.82) is 0 Å². The standard InChI is InChI=1S/C20H31NO2S/c1-3-5-10-18(4-2)17-23-15-9-14-21-20(22)13-16-24-19-11-7-6-8-12-19/h6-8,11-13,16,18H,3-5,9-10,14-15,17H2,1-2H3,(H,21,22)/b16-13+. The van der Waals surface area contributed by atoms with Crippen molar-refractivity contribution in [3.63, 3.8) is 0 Å². The number of nitrogens with one attached hydrogen (secondary N) is 1. The molecule has 0 aliphatic heterocycles. The molecule has 24 heavy (non-hydrogen) atoms. The van der Waals surface area contributed by atoms with Crippen molar-refractivity contribution in [2.75, 3.05) is 19.8 Å². The lowest BCUT2D eigenvalue weighted by Crippen LogP contribution is -2.23. The Morgan fingerprint density at radius 2 is 2.04 bits per heavy atom. The van der Waals surface area contributed by atoms with Crippen LogP contribution in [0, 0.1) is 5.92 Å². The Kier molecular flexibility index (Phi) is 12.2. The number of thioether (sulfide) groups is 1. The van der Waals surface area contributed by atoms with Crippen LogP contribution in [0.1, 0.15) is 46.0 Å². The second-order valence-corrected chi connectivity index (χ2v) is 6.85. The molecule has 1 atom stereocenters. The van der Waals surface area contributed by atoms with Gasteiger partial charge in [0.25, 0.3) is 0 Å². The maximum Gasteiger partial charge on any atom is 0.244 e. The molecule has 0 saturated heterocycles. The molecule has 0 bridgehead atoms. The molecule has 1 amide bonds. The molecule has 1 unspecified atom stereocenters. The Bertz CT molecular complexity index is 462. The van der Waals surface area contributed by atoms with Crippen LogP contribution in [0.15, 0.2) is 46.7 Å². The molecule has 134 valence electrons. The van der Waals surface area contributed by atoms with Crippen molar-refractivity contribution in [2.45, 2.75) is 50.8 Å². The first-order valence-corrected chi connectivity index (χ1v) is 9.88. The normalized spacial score (nSPS) is 12.4. The molecular formula is C20H31NO2S. The van der Waals surface area contributed by atoms with E-state index in [-0.39, 0.29) is 5.91 Å². The van der Waals surface area contributed by atoms with Crippen LogP contribution in [0.5, 0.6) is 0 Å². The van der Waals surface area contributed by atoms with E-state index in [2.05, 4.69) is 19.2 Å². The zero-order valence-electron chi connectivity index (χ0n) is 15.0. The molecule has 0 fully saturated rings. The van der Waals surface area contributed by atoms with E-state index in [1.165, 1.54) is 25.7 Å². The molecule has 1 aromatic carbocycles. The number of hydrogen-bond acceptors (Lipinski definition) is 3. The number of amides is 1. The smallest absolute Gasteiger partial charge is 0.244 e. The molecule has 0 aliphatic rings. The van der Waals surface area contributed by atoms with Gasteiger partial charge in [0, 0.05) is 30.7 Å². The number of benzene rings is 1. The van der Waals surface area contributed by atoms with E-state index >= 15 is 0 Å². The molecule has 0 aliphatic carbocycles. The van der Waals surface area contributed by atoms with Gasteiger partial charge in [-0.1, -0.05) is 63.1 Å². The van der Waals surface area contributed by atoms with Crippen molar-refractivity contribution in [3.8, 4) is 0 Å². The SMILES string of the molecule is CCCCC(CC)COCCCNC(=O)/C=C/Sc1ccccc1. The van der Waals surface area contributed by atoms with Gasteiger partial charge in [-0.15, -0.1) is 0 Å². The zero-order chi connectivity index (χ0) is 17.5. The quantitative estimate of drug-likeness (QED) is 0.308. The number of unbranched alkanes of at least 4 members (excludes halogenated alkanes) is 1. The molecular weight excluding hydrogens is 318 g/mol. The fourth-order valence-corrected chi connectivity index (χ4v) is 2.93. The summed E-state index contributed by atoms with van der Waals surface area (Å²) >= 11 is 1.54. The minimum atomic E-state index is -0.0483. The fourth-order valence-electron chi connectivity index (χ4n) is 2.27. The third kappa shape index (κ3) is 10.5. The highest BCUT2D eigenvalue weighted by Crippen LogP contribution is 2.17. The van der Waals surface area contributed by atoms with Crippen LogP contribution in [0.2, 0.25) is 0 Å². The first kappa shape index (κ1) is 20.8. The van der Waals surface area contributed by atoms with E-state index in [1.54, 1.807) is 17.8 Å². The molecule has 0 saturated carbocycles. The lowest BCUT2D eigenvalue weighted by Gasteiger charge is -2.14. The summed E-state index contributed by atoms with van der Waals surface area (Å²) < 4.78 is 5.73. The molecule has 1 aromatic rings. The lowest BCUT2D eigenvalue weighted by molar-refractivity contribution is -0.116. The van der Waals surface area contributed by atoms with Crippen LogP contribution in [-0.2, 0) is 9.53 Å². The average Bonchev–Trinajstić information content (AvgIpc) is 2.61. The van der Waals surface area contributed by atoms with Gasteiger partial charge < -0.3 is 10.1 Å². The molecule has 0 radical (unpaired) electrons. The van der Waals surface area contributed by atoms with Crippen LogP contribution < -0.4 is 5.32 Å². The van der Waals surface area contributed by atoms with Crippen molar-refractivity contribution in [3.05, 3.63) is 41.8 Å². The summed E-state index contributed by atoms with van der Waals surface area (Å²) in [6, 6.07) is 10.0.